The summed E-state index contributed by atoms with van der Waals surface area (Å²) in [4.78, 5) is 1.24. The molecule has 0 N–H and O–H groups in total. The van der Waals surface area contributed by atoms with Gasteiger partial charge in [-0.1, -0.05) is 23.5 Å². The molecule has 0 atom stereocenters. The van der Waals surface area contributed by atoms with Gasteiger partial charge in [0, 0.05) is 6.42 Å². The van der Waals surface area contributed by atoms with Crippen molar-refractivity contribution in [2.24, 2.45) is 0 Å². The first-order valence-electron chi connectivity index (χ1n) is 4.06. The SMILES string of the molecule is C1=C=C(C2=CCC#CCS2)C=C[C-]=1.[K+]. The fourth-order valence-electron chi connectivity index (χ4n) is 1.08. The molecule has 0 aromatic carbocycles. The van der Waals surface area contributed by atoms with Crippen LogP contribution in [0.5, 0.6) is 0 Å². The number of rotatable bonds is 1. The Labute approximate surface area is 131 Å². The molecular formula is C12H7KS. The maximum Gasteiger partial charge on any atom is 1.00 e. The molecule has 0 fully saturated rings. The zero-order chi connectivity index (χ0) is 8.93. The van der Waals surface area contributed by atoms with Crippen molar-refractivity contribution < 1.29 is 51.4 Å². The first kappa shape index (κ1) is 12.4. The minimum atomic E-state index is 0. The van der Waals surface area contributed by atoms with E-state index in [-0.39, 0.29) is 51.4 Å². The van der Waals surface area contributed by atoms with Crippen LogP contribution in [0.4, 0.5) is 0 Å². The fourth-order valence-corrected chi connectivity index (χ4v) is 1.89. The van der Waals surface area contributed by atoms with Crippen LogP contribution in [0.15, 0.2) is 40.2 Å². The van der Waals surface area contributed by atoms with Crippen LogP contribution in [0.2, 0.25) is 0 Å². The third-order valence-corrected chi connectivity index (χ3v) is 2.67. The molecule has 14 heavy (non-hydrogen) atoms. The molecule has 2 aliphatic rings. The summed E-state index contributed by atoms with van der Waals surface area (Å²) in [7, 11) is 0. The van der Waals surface area contributed by atoms with Crippen molar-refractivity contribution in [3.8, 4) is 11.8 Å². The minimum absolute atomic E-state index is 0. The van der Waals surface area contributed by atoms with E-state index in [9.17, 15) is 0 Å². The molecule has 0 aromatic heterocycles. The normalized spacial score (nSPS) is 17.1. The van der Waals surface area contributed by atoms with E-state index in [1.165, 1.54) is 4.91 Å². The van der Waals surface area contributed by atoms with Crippen molar-refractivity contribution >= 4 is 11.8 Å². The maximum absolute atomic E-state index is 3.08. The van der Waals surface area contributed by atoms with E-state index in [0.29, 0.717) is 0 Å². The predicted octanol–water partition coefficient (Wildman–Crippen LogP) is -0.376. The Hall–Kier alpha value is 0.326. The standard InChI is InChI=1S/C12H7S.K/c1-3-7-11(8-4-1)12-9-5-2-6-10-13-12;/h3,7,9H,5,10H2;/q-1;+1. The second-order valence-corrected chi connectivity index (χ2v) is 3.57. The summed E-state index contributed by atoms with van der Waals surface area (Å²) in [5.74, 6) is 7.02. The van der Waals surface area contributed by atoms with E-state index in [1.54, 1.807) is 11.8 Å². The monoisotopic (exact) mass is 222 g/mol. The summed E-state index contributed by atoms with van der Waals surface area (Å²) >= 11 is 1.76. The van der Waals surface area contributed by atoms with E-state index >= 15 is 0 Å². The van der Waals surface area contributed by atoms with Gasteiger partial charge in [-0.2, -0.15) is 12.2 Å². The van der Waals surface area contributed by atoms with Crippen LogP contribution in [-0.2, 0) is 0 Å². The van der Waals surface area contributed by atoms with Crippen LogP contribution in [0.3, 0.4) is 0 Å². The first-order chi connectivity index (χ1) is 6.47. The molecule has 0 spiro atoms. The van der Waals surface area contributed by atoms with Crippen LogP contribution < -0.4 is 51.4 Å². The Bertz CT molecular complexity index is 431. The Balaban J connectivity index is 0.000000980. The molecule has 1 heterocycles. The van der Waals surface area contributed by atoms with Crippen molar-refractivity contribution in [3.05, 3.63) is 46.2 Å². The average Bonchev–Trinajstić information content (AvgIpc) is 2.47. The third kappa shape index (κ3) is 3.48. The third-order valence-electron chi connectivity index (χ3n) is 1.68. The van der Waals surface area contributed by atoms with Crippen LogP contribution in [0, 0.1) is 17.9 Å². The Morgan fingerprint density at radius 1 is 1.36 bits per heavy atom. The van der Waals surface area contributed by atoms with Crippen LogP contribution in [0.1, 0.15) is 6.42 Å². The summed E-state index contributed by atoms with van der Waals surface area (Å²) in [6, 6.07) is 0. The van der Waals surface area contributed by atoms with Crippen molar-refractivity contribution in [2.75, 3.05) is 5.75 Å². The number of thioether (sulfide) groups is 1. The molecule has 1 aliphatic heterocycles. The summed E-state index contributed by atoms with van der Waals surface area (Å²) in [6.45, 7) is 0. The van der Waals surface area contributed by atoms with E-state index in [4.69, 9.17) is 0 Å². The number of allylic oxidation sites excluding steroid dienone is 5. The van der Waals surface area contributed by atoms with Gasteiger partial charge in [-0.15, -0.1) is 17.8 Å². The maximum atomic E-state index is 3.08. The van der Waals surface area contributed by atoms with Crippen molar-refractivity contribution in [1.82, 2.24) is 0 Å². The molecule has 0 bridgehead atoms. The molecule has 2 heteroatoms. The van der Waals surface area contributed by atoms with Crippen molar-refractivity contribution in [2.45, 2.75) is 6.42 Å². The van der Waals surface area contributed by atoms with Gasteiger partial charge in [-0.25, -0.2) is 11.5 Å². The molecule has 0 nitrogen and oxygen atoms in total. The van der Waals surface area contributed by atoms with Gasteiger partial charge in [0.15, 0.2) is 0 Å². The molecule has 2 rings (SSSR count). The molecule has 62 valence electrons. The smallest absolute Gasteiger partial charge is 0.229 e. The minimum Gasteiger partial charge on any atom is -0.229 e. The number of hydrogen-bond acceptors (Lipinski definition) is 1. The fraction of sp³-hybridized carbons (Fsp3) is 0.167. The molecule has 0 aromatic rings. The van der Waals surface area contributed by atoms with Crippen LogP contribution in [0.25, 0.3) is 0 Å². The second-order valence-electron chi connectivity index (χ2n) is 2.56. The van der Waals surface area contributed by atoms with E-state index in [1.807, 2.05) is 12.2 Å². The molecular weight excluding hydrogens is 215 g/mol. The van der Waals surface area contributed by atoms with Gasteiger partial charge in [-0.05, 0) is 4.91 Å². The van der Waals surface area contributed by atoms with Crippen molar-refractivity contribution in [1.29, 1.82) is 0 Å². The summed E-state index contributed by atoms with van der Waals surface area (Å²) < 4.78 is 0. The summed E-state index contributed by atoms with van der Waals surface area (Å²) in [5.41, 5.74) is 6.97. The van der Waals surface area contributed by atoms with E-state index < -0.39 is 0 Å². The van der Waals surface area contributed by atoms with Gasteiger partial charge in [0.1, 0.15) is 0 Å². The first-order valence-corrected chi connectivity index (χ1v) is 5.04. The van der Waals surface area contributed by atoms with E-state index in [2.05, 4.69) is 35.5 Å². The van der Waals surface area contributed by atoms with Crippen LogP contribution >= 0.6 is 11.8 Å². The van der Waals surface area contributed by atoms with Gasteiger partial charge < -0.3 is 0 Å². The van der Waals surface area contributed by atoms with Gasteiger partial charge in [0.25, 0.3) is 0 Å². The van der Waals surface area contributed by atoms with Gasteiger partial charge >= 0.3 is 51.4 Å². The van der Waals surface area contributed by atoms with Crippen LogP contribution in [-0.4, -0.2) is 5.75 Å². The molecule has 0 saturated heterocycles. The Morgan fingerprint density at radius 3 is 3.07 bits per heavy atom. The number of hydrogen-bond donors (Lipinski definition) is 0. The molecule has 1 aliphatic carbocycles. The van der Waals surface area contributed by atoms with Gasteiger partial charge in [0.05, 0.1) is 5.75 Å². The summed E-state index contributed by atoms with van der Waals surface area (Å²) in [6.07, 6.45) is 9.69. The van der Waals surface area contributed by atoms with Gasteiger partial charge in [-0.3, -0.25) is 0 Å². The van der Waals surface area contributed by atoms with E-state index in [0.717, 1.165) is 17.7 Å². The second kappa shape index (κ2) is 6.74. The topological polar surface area (TPSA) is 0 Å². The Kier molecular flexibility index (Phi) is 5.97. The van der Waals surface area contributed by atoms with Crippen molar-refractivity contribution in [3.63, 3.8) is 0 Å². The average molecular weight is 222 g/mol. The summed E-state index contributed by atoms with van der Waals surface area (Å²) in [5, 5.41) is 0. The molecule has 0 amide bonds. The van der Waals surface area contributed by atoms with Gasteiger partial charge in [0.2, 0.25) is 0 Å². The largest absolute Gasteiger partial charge is 1.00 e. The quantitative estimate of drug-likeness (QED) is 0.252. The zero-order valence-electron chi connectivity index (χ0n) is 8.05. The predicted molar refractivity (Wildman–Crippen MR) is 55.9 cm³/mol. The molecule has 0 unspecified atom stereocenters. The molecule has 0 radical (unpaired) electrons. The molecule has 0 saturated carbocycles. The zero-order valence-corrected chi connectivity index (χ0v) is 12.0. The Morgan fingerprint density at radius 2 is 2.29 bits per heavy atom.